The third kappa shape index (κ3) is 2.88. The van der Waals surface area contributed by atoms with E-state index in [4.69, 9.17) is 10.5 Å². The normalized spacial score (nSPS) is 20.7. The number of fused-ring (bicyclic) bond motifs is 1. The molecule has 0 fully saturated rings. The number of amides is 2. The van der Waals surface area contributed by atoms with Gasteiger partial charge in [0.05, 0.1) is 29.6 Å². The van der Waals surface area contributed by atoms with Gasteiger partial charge in [0, 0.05) is 11.8 Å². The molecule has 7 nitrogen and oxygen atoms in total. The predicted molar refractivity (Wildman–Crippen MR) is 90.9 cm³/mol. The van der Waals surface area contributed by atoms with Crippen molar-refractivity contribution in [3.63, 3.8) is 0 Å². The lowest BCUT2D eigenvalue weighted by atomic mass is 9.85. The predicted octanol–water partition coefficient (Wildman–Crippen LogP) is 2.11. The van der Waals surface area contributed by atoms with E-state index in [1.54, 1.807) is 50.4 Å². The van der Waals surface area contributed by atoms with E-state index >= 15 is 0 Å². The summed E-state index contributed by atoms with van der Waals surface area (Å²) in [5.74, 6) is 0.495. The fraction of sp³-hybridized carbons (Fsp3) is 0.278. The molecule has 7 heteroatoms. The van der Waals surface area contributed by atoms with Crippen LogP contribution in [0.2, 0.25) is 0 Å². The number of nitrogens with two attached hydrogens (primary N) is 1. The van der Waals surface area contributed by atoms with Gasteiger partial charge in [-0.3, -0.25) is 9.88 Å². The number of urea groups is 1. The van der Waals surface area contributed by atoms with Crippen LogP contribution in [0.5, 0.6) is 5.75 Å². The lowest BCUT2D eigenvalue weighted by molar-refractivity contribution is -0.0571. The van der Waals surface area contributed by atoms with Crippen LogP contribution in [-0.4, -0.2) is 27.8 Å². The van der Waals surface area contributed by atoms with E-state index in [0.717, 1.165) is 0 Å². The summed E-state index contributed by atoms with van der Waals surface area (Å²) in [4.78, 5) is 17.5. The first-order valence-electron chi connectivity index (χ1n) is 7.75. The monoisotopic (exact) mass is 338 g/mol. The van der Waals surface area contributed by atoms with Gasteiger partial charge in [-0.05, 0) is 44.2 Å². The molecule has 1 aromatic carbocycles. The van der Waals surface area contributed by atoms with Gasteiger partial charge in [0.2, 0.25) is 0 Å². The molecule has 1 aliphatic heterocycles. The van der Waals surface area contributed by atoms with Crippen LogP contribution in [-0.2, 0) is 0 Å². The number of hydrogen-bond donors (Lipinski definition) is 2. The van der Waals surface area contributed by atoms with Crippen molar-refractivity contribution in [1.82, 2.24) is 4.98 Å². The number of rotatable bonds is 2. The molecule has 0 spiro atoms. The second-order valence-electron chi connectivity index (χ2n) is 6.38. The van der Waals surface area contributed by atoms with Crippen molar-refractivity contribution in [2.45, 2.75) is 31.6 Å². The van der Waals surface area contributed by atoms with Gasteiger partial charge in [-0.1, -0.05) is 0 Å². The van der Waals surface area contributed by atoms with E-state index in [1.165, 1.54) is 11.1 Å². The molecule has 2 unspecified atom stereocenters. The Balaban J connectivity index is 2.21. The summed E-state index contributed by atoms with van der Waals surface area (Å²) in [6.07, 6.45) is 2.00. The van der Waals surface area contributed by atoms with Crippen molar-refractivity contribution >= 4 is 11.7 Å². The van der Waals surface area contributed by atoms with Gasteiger partial charge in [-0.2, -0.15) is 5.26 Å². The third-order valence-electron chi connectivity index (χ3n) is 4.28. The number of anilines is 1. The van der Waals surface area contributed by atoms with E-state index in [1.807, 2.05) is 0 Å². The zero-order valence-electron chi connectivity index (χ0n) is 13.9. The summed E-state index contributed by atoms with van der Waals surface area (Å²) in [6.45, 7) is 3.46. The number of primary amides is 1. The number of nitriles is 1. The molecule has 3 rings (SSSR count). The van der Waals surface area contributed by atoms with Gasteiger partial charge in [0.1, 0.15) is 17.5 Å². The number of ether oxygens (including phenoxy) is 1. The molecule has 3 N–H and O–H groups in total. The summed E-state index contributed by atoms with van der Waals surface area (Å²) in [5, 5.41) is 20.1. The van der Waals surface area contributed by atoms with Crippen molar-refractivity contribution in [1.29, 1.82) is 5.26 Å². The molecule has 0 saturated carbocycles. The standard InChI is InChI=1S/C18H18N4O3/c1-18(2)16(23)15(13-8-11(9-19)5-6-14(13)25-18)22(17(20)24)12-4-3-7-21-10-12/h3-8,10,15-16,23H,1-2H3,(H2,20,24). The lowest BCUT2D eigenvalue weighted by Gasteiger charge is -2.45. The lowest BCUT2D eigenvalue weighted by Crippen LogP contribution is -2.56. The number of benzene rings is 1. The summed E-state index contributed by atoms with van der Waals surface area (Å²) in [6, 6.07) is 8.76. The van der Waals surface area contributed by atoms with E-state index in [-0.39, 0.29) is 0 Å². The van der Waals surface area contributed by atoms with E-state index in [0.29, 0.717) is 22.6 Å². The number of nitrogens with zero attached hydrogens (tertiary/aromatic N) is 3. The fourth-order valence-corrected chi connectivity index (χ4v) is 3.04. The molecule has 25 heavy (non-hydrogen) atoms. The number of aliphatic hydroxyl groups excluding tert-OH is 1. The average molecular weight is 338 g/mol. The first-order chi connectivity index (χ1) is 11.8. The van der Waals surface area contributed by atoms with Gasteiger partial charge in [-0.25, -0.2) is 4.79 Å². The summed E-state index contributed by atoms with van der Waals surface area (Å²) in [7, 11) is 0. The molecular formula is C18H18N4O3. The molecular weight excluding hydrogens is 320 g/mol. The molecule has 0 saturated heterocycles. The molecule has 2 amide bonds. The van der Waals surface area contributed by atoms with Crippen LogP contribution < -0.4 is 15.4 Å². The quantitative estimate of drug-likeness (QED) is 0.871. The highest BCUT2D eigenvalue weighted by atomic mass is 16.5. The maximum Gasteiger partial charge on any atom is 0.319 e. The minimum Gasteiger partial charge on any atom is -0.485 e. The maximum absolute atomic E-state index is 12.2. The number of aliphatic hydroxyl groups is 1. The Labute approximate surface area is 145 Å². The number of hydrogen-bond acceptors (Lipinski definition) is 5. The molecule has 0 radical (unpaired) electrons. The maximum atomic E-state index is 12.2. The zero-order valence-corrected chi connectivity index (χ0v) is 13.9. The van der Waals surface area contributed by atoms with Crippen LogP contribution in [0.1, 0.15) is 31.0 Å². The topological polar surface area (TPSA) is 112 Å². The molecule has 0 aliphatic carbocycles. The largest absolute Gasteiger partial charge is 0.485 e. The van der Waals surface area contributed by atoms with Crippen LogP contribution in [0.15, 0.2) is 42.7 Å². The van der Waals surface area contributed by atoms with Crippen molar-refractivity contribution in [3.8, 4) is 11.8 Å². The van der Waals surface area contributed by atoms with Gasteiger partial charge >= 0.3 is 6.03 Å². The highest BCUT2D eigenvalue weighted by Crippen LogP contribution is 2.44. The zero-order chi connectivity index (χ0) is 18.2. The highest BCUT2D eigenvalue weighted by molar-refractivity contribution is 5.91. The first kappa shape index (κ1) is 16.7. The van der Waals surface area contributed by atoms with Crippen molar-refractivity contribution in [2.75, 3.05) is 4.90 Å². The Kier molecular flexibility index (Phi) is 4.07. The smallest absolute Gasteiger partial charge is 0.319 e. The second-order valence-corrected chi connectivity index (χ2v) is 6.38. The van der Waals surface area contributed by atoms with Crippen molar-refractivity contribution in [2.24, 2.45) is 5.73 Å². The summed E-state index contributed by atoms with van der Waals surface area (Å²) < 4.78 is 5.87. The minimum absolute atomic E-state index is 0.398. The van der Waals surface area contributed by atoms with Crippen LogP contribution in [0.3, 0.4) is 0 Å². The van der Waals surface area contributed by atoms with E-state index in [2.05, 4.69) is 11.1 Å². The van der Waals surface area contributed by atoms with Crippen LogP contribution in [0, 0.1) is 11.3 Å². The van der Waals surface area contributed by atoms with E-state index < -0.39 is 23.8 Å². The van der Waals surface area contributed by atoms with Gasteiger partial charge < -0.3 is 15.6 Å². The van der Waals surface area contributed by atoms with Crippen LogP contribution in [0.25, 0.3) is 0 Å². The first-order valence-corrected chi connectivity index (χ1v) is 7.75. The molecule has 1 aliphatic rings. The Morgan fingerprint density at radius 3 is 2.80 bits per heavy atom. The third-order valence-corrected chi connectivity index (χ3v) is 4.28. The number of carbonyl (C=O) groups is 1. The Bertz CT molecular complexity index is 845. The van der Waals surface area contributed by atoms with Gasteiger partial charge in [-0.15, -0.1) is 0 Å². The second kappa shape index (κ2) is 6.07. The highest BCUT2D eigenvalue weighted by Gasteiger charge is 2.47. The van der Waals surface area contributed by atoms with Crippen molar-refractivity contribution < 1.29 is 14.6 Å². The van der Waals surface area contributed by atoms with Crippen molar-refractivity contribution in [3.05, 3.63) is 53.9 Å². The molecule has 2 atom stereocenters. The van der Waals surface area contributed by atoms with Crippen LogP contribution in [0.4, 0.5) is 10.5 Å². The van der Waals surface area contributed by atoms with Crippen LogP contribution >= 0.6 is 0 Å². The number of carbonyl (C=O) groups excluding carboxylic acids is 1. The molecule has 0 bridgehead atoms. The molecule has 128 valence electrons. The minimum atomic E-state index is -1.07. The molecule has 2 heterocycles. The summed E-state index contributed by atoms with van der Waals surface area (Å²) in [5.41, 5.74) is 6.03. The summed E-state index contributed by atoms with van der Waals surface area (Å²) >= 11 is 0. The SMILES string of the molecule is CC1(C)Oc2ccc(C#N)cc2C(N(C(N)=O)c2cccnc2)C1O. The number of aromatic nitrogens is 1. The average Bonchev–Trinajstić information content (AvgIpc) is 2.59. The Hall–Kier alpha value is -3.11. The Morgan fingerprint density at radius 2 is 2.20 bits per heavy atom. The Morgan fingerprint density at radius 1 is 1.44 bits per heavy atom. The molecule has 2 aromatic rings. The number of pyridine rings is 1. The van der Waals surface area contributed by atoms with E-state index in [9.17, 15) is 15.2 Å². The fourth-order valence-electron chi connectivity index (χ4n) is 3.04. The van der Waals surface area contributed by atoms with Gasteiger partial charge in [0.15, 0.2) is 0 Å². The van der Waals surface area contributed by atoms with Gasteiger partial charge in [0.25, 0.3) is 0 Å². The molecule has 1 aromatic heterocycles.